The molecule has 2 aliphatic rings. The second-order valence-corrected chi connectivity index (χ2v) is 7.23. The molecule has 0 spiro atoms. The smallest absolute Gasteiger partial charge is 0.236 e. The normalized spacial score (nSPS) is 20.2. The van der Waals surface area contributed by atoms with Gasteiger partial charge in [-0.05, 0) is 45.0 Å². The third-order valence-corrected chi connectivity index (χ3v) is 5.44. The number of likely N-dealkylation sites (tertiary alicyclic amines) is 1. The molecule has 138 valence electrons. The number of ether oxygens (including phenoxy) is 1. The maximum absolute atomic E-state index is 12.7. The van der Waals surface area contributed by atoms with E-state index in [1.807, 2.05) is 4.90 Å². The van der Waals surface area contributed by atoms with E-state index in [4.69, 9.17) is 4.74 Å². The first kappa shape index (κ1) is 18.4. The molecular weight excluding hydrogens is 314 g/mol. The topological polar surface area (TPSA) is 36.0 Å². The number of hydrogen-bond donors (Lipinski definition) is 0. The number of amides is 1. The van der Waals surface area contributed by atoms with Crippen molar-refractivity contribution in [3.05, 3.63) is 35.9 Å². The van der Waals surface area contributed by atoms with E-state index < -0.39 is 0 Å². The van der Waals surface area contributed by atoms with E-state index >= 15 is 0 Å². The minimum atomic E-state index is 0.260. The van der Waals surface area contributed by atoms with Crippen molar-refractivity contribution in [3.8, 4) is 0 Å². The summed E-state index contributed by atoms with van der Waals surface area (Å²) in [4.78, 5) is 19.5. The standard InChI is InChI=1S/C20H31N3O2/c1-21-10-8-19(9-11-21)23(12-7-18-5-3-2-4-6-18)17-20(24)22-13-15-25-16-14-22/h2-6,19H,7-17H2,1H3. The zero-order valence-corrected chi connectivity index (χ0v) is 15.4. The number of piperidine rings is 1. The Hall–Kier alpha value is -1.43. The lowest BCUT2D eigenvalue weighted by Gasteiger charge is -2.38. The van der Waals surface area contributed by atoms with Crippen LogP contribution in [-0.2, 0) is 16.0 Å². The summed E-state index contributed by atoms with van der Waals surface area (Å²) in [6.45, 7) is 6.55. The third-order valence-electron chi connectivity index (χ3n) is 5.44. The van der Waals surface area contributed by atoms with Gasteiger partial charge in [0.2, 0.25) is 5.91 Å². The Morgan fingerprint density at radius 2 is 1.80 bits per heavy atom. The Kier molecular flexibility index (Phi) is 6.84. The summed E-state index contributed by atoms with van der Waals surface area (Å²) in [5, 5.41) is 0. The van der Waals surface area contributed by atoms with Crippen molar-refractivity contribution >= 4 is 5.91 Å². The van der Waals surface area contributed by atoms with E-state index in [0.717, 1.165) is 52.0 Å². The molecule has 0 saturated carbocycles. The van der Waals surface area contributed by atoms with Gasteiger partial charge in [-0.1, -0.05) is 30.3 Å². The van der Waals surface area contributed by atoms with Gasteiger partial charge in [-0.2, -0.15) is 0 Å². The average molecular weight is 345 g/mol. The van der Waals surface area contributed by atoms with Crippen LogP contribution in [0.25, 0.3) is 0 Å². The van der Waals surface area contributed by atoms with Gasteiger partial charge in [-0.3, -0.25) is 9.69 Å². The maximum Gasteiger partial charge on any atom is 0.236 e. The predicted octanol–water partition coefficient (Wildman–Crippen LogP) is 1.48. The Balaban J connectivity index is 1.59. The number of benzene rings is 1. The van der Waals surface area contributed by atoms with E-state index in [1.165, 1.54) is 5.56 Å². The van der Waals surface area contributed by atoms with Gasteiger partial charge in [0.05, 0.1) is 19.8 Å². The molecule has 0 atom stereocenters. The number of morpholine rings is 1. The van der Waals surface area contributed by atoms with Crippen molar-refractivity contribution in [3.63, 3.8) is 0 Å². The molecule has 0 N–H and O–H groups in total. The first-order valence-electron chi connectivity index (χ1n) is 9.54. The monoisotopic (exact) mass is 345 g/mol. The molecule has 25 heavy (non-hydrogen) atoms. The summed E-state index contributed by atoms with van der Waals surface area (Å²) in [7, 11) is 2.18. The minimum Gasteiger partial charge on any atom is -0.378 e. The number of carbonyl (C=O) groups is 1. The lowest BCUT2D eigenvalue weighted by Crippen LogP contribution is -2.50. The summed E-state index contributed by atoms with van der Waals surface area (Å²) in [6.07, 6.45) is 3.31. The Morgan fingerprint density at radius 1 is 1.12 bits per heavy atom. The molecule has 2 saturated heterocycles. The van der Waals surface area contributed by atoms with Crippen LogP contribution in [0.4, 0.5) is 0 Å². The van der Waals surface area contributed by atoms with Crippen LogP contribution < -0.4 is 0 Å². The molecule has 2 fully saturated rings. The molecule has 1 aromatic rings. The molecular formula is C20H31N3O2. The molecule has 3 rings (SSSR count). The number of hydrogen-bond acceptors (Lipinski definition) is 4. The van der Waals surface area contributed by atoms with Crippen molar-refractivity contribution < 1.29 is 9.53 Å². The Morgan fingerprint density at radius 3 is 2.48 bits per heavy atom. The first-order chi connectivity index (χ1) is 12.2. The van der Waals surface area contributed by atoms with Gasteiger partial charge >= 0.3 is 0 Å². The molecule has 5 nitrogen and oxygen atoms in total. The Bertz CT molecular complexity index is 523. The van der Waals surface area contributed by atoms with Crippen LogP contribution in [0.2, 0.25) is 0 Å². The van der Waals surface area contributed by atoms with Crippen LogP contribution >= 0.6 is 0 Å². The summed E-state index contributed by atoms with van der Waals surface area (Å²) < 4.78 is 5.38. The highest BCUT2D eigenvalue weighted by molar-refractivity contribution is 5.78. The molecule has 0 radical (unpaired) electrons. The van der Waals surface area contributed by atoms with Crippen molar-refractivity contribution in [2.75, 3.05) is 59.5 Å². The largest absolute Gasteiger partial charge is 0.378 e. The van der Waals surface area contributed by atoms with E-state index in [-0.39, 0.29) is 5.91 Å². The number of rotatable bonds is 6. The number of carbonyl (C=O) groups excluding carboxylic acids is 1. The van der Waals surface area contributed by atoms with Crippen LogP contribution in [0.15, 0.2) is 30.3 Å². The van der Waals surface area contributed by atoms with Crippen molar-refractivity contribution in [2.45, 2.75) is 25.3 Å². The van der Waals surface area contributed by atoms with Crippen LogP contribution in [0, 0.1) is 0 Å². The van der Waals surface area contributed by atoms with Crippen molar-refractivity contribution in [1.29, 1.82) is 0 Å². The van der Waals surface area contributed by atoms with Gasteiger partial charge in [-0.25, -0.2) is 0 Å². The second-order valence-electron chi connectivity index (χ2n) is 7.23. The highest BCUT2D eigenvalue weighted by atomic mass is 16.5. The summed E-state index contributed by atoms with van der Waals surface area (Å²) in [5.41, 5.74) is 1.35. The van der Waals surface area contributed by atoms with Gasteiger partial charge in [0, 0.05) is 25.7 Å². The predicted molar refractivity (Wildman–Crippen MR) is 99.6 cm³/mol. The molecule has 0 aromatic heterocycles. The SMILES string of the molecule is CN1CCC(N(CCc2ccccc2)CC(=O)N2CCOCC2)CC1. The fourth-order valence-corrected chi connectivity index (χ4v) is 3.75. The lowest BCUT2D eigenvalue weighted by atomic mass is 10.0. The van der Waals surface area contributed by atoms with Crippen LogP contribution in [-0.4, -0.2) is 86.2 Å². The molecule has 0 aliphatic carbocycles. The molecule has 0 unspecified atom stereocenters. The average Bonchev–Trinajstić information content (AvgIpc) is 2.67. The van der Waals surface area contributed by atoms with Crippen LogP contribution in [0.5, 0.6) is 0 Å². The van der Waals surface area contributed by atoms with Gasteiger partial charge in [-0.15, -0.1) is 0 Å². The Labute approximate surface area is 151 Å². The fraction of sp³-hybridized carbons (Fsp3) is 0.650. The van der Waals surface area contributed by atoms with Gasteiger partial charge in [0.25, 0.3) is 0 Å². The minimum absolute atomic E-state index is 0.260. The molecule has 1 amide bonds. The van der Waals surface area contributed by atoms with Crippen LogP contribution in [0.1, 0.15) is 18.4 Å². The van der Waals surface area contributed by atoms with Gasteiger partial charge in [0.1, 0.15) is 0 Å². The zero-order chi connectivity index (χ0) is 17.5. The highest BCUT2D eigenvalue weighted by Crippen LogP contribution is 2.17. The van der Waals surface area contributed by atoms with E-state index in [0.29, 0.717) is 25.8 Å². The van der Waals surface area contributed by atoms with E-state index in [1.54, 1.807) is 0 Å². The molecule has 2 heterocycles. The maximum atomic E-state index is 12.7. The zero-order valence-electron chi connectivity index (χ0n) is 15.4. The molecule has 0 bridgehead atoms. The van der Waals surface area contributed by atoms with Crippen molar-refractivity contribution in [2.24, 2.45) is 0 Å². The van der Waals surface area contributed by atoms with Gasteiger partial charge in [0.15, 0.2) is 0 Å². The van der Waals surface area contributed by atoms with E-state index in [9.17, 15) is 4.79 Å². The lowest BCUT2D eigenvalue weighted by molar-refractivity contribution is -0.137. The fourth-order valence-electron chi connectivity index (χ4n) is 3.75. The summed E-state index contributed by atoms with van der Waals surface area (Å²) in [6, 6.07) is 11.1. The third kappa shape index (κ3) is 5.53. The second kappa shape index (κ2) is 9.32. The molecule has 5 heteroatoms. The molecule has 2 aliphatic heterocycles. The van der Waals surface area contributed by atoms with Gasteiger partial charge < -0.3 is 14.5 Å². The number of nitrogens with zero attached hydrogens (tertiary/aromatic N) is 3. The molecule has 1 aromatic carbocycles. The summed E-state index contributed by atoms with van der Waals surface area (Å²) >= 11 is 0. The van der Waals surface area contributed by atoms with Crippen molar-refractivity contribution in [1.82, 2.24) is 14.7 Å². The van der Waals surface area contributed by atoms with Crippen LogP contribution in [0.3, 0.4) is 0 Å². The quantitative estimate of drug-likeness (QED) is 0.783. The first-order valence-corrected chi connectivity index (χ1v) is 9.54. The summed E-state index contributed by atoms with van der Waals surface area (Å²) in [5.74, 6) is 0.260. The highest BCUT2D eigenvalue weighted by Gasteiger charge is 2.27. The van der Waals surface area contributed by atoms with E-state index in [2.05, 4.69) is 47.2 Å².